The van der Waals surface area contributed by atoms with Crippen molar-refractivity contribution in [1.82, 2.24) is 4.98 Å². The van der Waals surface area contributed by atoms with E-state index in [4.69, 9.17) is 9.47 Å². The Hall–Kier alpha value is -2.49. The van der Waals surface area contributed by atoms with Gasteiger partial charge in [-0.2, -0.15) is 0 Å². The van der Waals surface area contributed by atoms with Crippen molar-refractivity contribution in [3.63, 3.8) is 0 Å². The molecule has 0 spiro atoms. The van der Waals surface area contributed by atoms with Crippen LogP contribution in [0.5, 0.6) is 11.5 Å². The van der Waals surface area contributed by atoms with E-state index in [0.717, 1.165) is 28.0 Å². The minimum absolute atomic E-state index is 0.0660. The number of ether oxygens (including phenoxy) is 2. The number of aromatic nitrogens is 1. The molecule has 0 radical (unpaired) electrons. The number of fused-ring (bicyclic) bond motifs is 2. The quantitative estimate of drug-likeness (QED) is 0.795. The van der Waals surface area contributed by atoms with Crippen LogP contribution < -0.4 is 9.47 Å². The molecule has 4 heteroatoms. The van der Waals surface area contributed by atoms with Gasteiger partial charge < -0.3 is 14.5 Å². The largest absolute Gasteiger partial charge is 0.490 e. The second-order valence-electron chi connectivity index (χ2n) is 5.23. The molecule has 3 aromatic rings. The van der Waals surface area contributed by atoms with E-state index < -0.39 is 0 Å². The van der Waals surface area contributed by atoms with Gasteiger partial charge in [0, 0.05) is 29.1 Å². The summed E-state index contributed by atoms with van der Waals surface area (Å²) in [7, 11) is 0. The van der Waals surface area contributed by atoms with E-state index in [1.165, 1.54) is 12.1 Å². The van der Waals surface area contributed by atoms with Gasteiger partial charge in [-0.3, -0.25) is 0 Å². The topological polar surface area (TPSA) is 34.2 Å². The molecule has 1 N–H and O–H groups in total. The molecule has 3 nitrogen and oxygen atoms in total. The summed E-state index contributed by atoms with van der Waals surface area (Å²) in [6, 6.07) is 12.5. The van der Waals surface area contributed by atoms with Crippen molar-refractivity contribution in [2.24, 2.45) is 0 Å². The van der Waals surface area contributed by atoms with Gasteiger partial charge in [0.05, 0.1) is 0 Å². The Labute approximate surface area is 121 Å². The number of H-pyrrole nitrogens is 1. The van der Waals surface area contributed by atoms with Crippen LogP contribution in [0.15, 0.2) is 48.7 Å². The molecule has 0 amide bonds. The first-order valence-corrected chi connectivity index (χ1v) is 6.93. The summed E-state index contributed by atoms with van der Waals surface area (Å²) in [5.74, 6) is 1.34. The molecule has 2 heterocycles. The molecular formula is C17H14FNO2. The second-order valence-corrected chi connectivity index (χ2v) is 5.23. The third-order valence-corrected chi connectivity index (χ3v) is 3.72. The Kier molecular flexibility index (Phi) is 2.81. The minimum atomic E-state index is -0.225. The number of hydrogen-bond acceptors (Lipinski definition) is 2. The van der Waals surface area contributed by atoms with E-state index in [-0.39, 0.29) is 11.9 Å². The Morgan fingerprint density at radius 3 is 3.10 bits per heavy atom. The molecule has 0 aliphatic carbocycles. The van der Waals surface area contributed by atoms with Gasteiger partial charge in [-0.15, -0.1) is 0 Å². The lowest BCUT2D eigenvalue weighted by atomic mass is 10.1. The van der Waals surface area contributed by atoms with Gasteiger partial charge in [-0.05, 0) is 42.5 Å². The molecule has 1 aliphatic heterocycles. The van der Waals surface area contributed by atoms with Crippen LogP contribution >= 0.6 is 0 Å². The Balaban J connectivity index is 1.43. The van der Waals surface area contributed by atoms with Crippen LogP contribution in [-0.4, -0.2) is 17.7 Å². The van der Waals surface area contributed by atoms with Crippen LogP contribution in [-0.2, 0) is 6.42 Å². The summed E-state index contributed by atoms with van der Waals surface area (Å²) in [4.78, 5) is 3.15. The molecule has 1 unspecified atom stereocenters. The van der Waals surface area contributed by atoms with Crippen molar-refractivity contribution < 1.29 is 13.9 Å². The molecule has 4 rings (SSSR count). The van der Waals surface area contributed by atoms with Crippen molar-refractivity contribution in [3.05, 3.63) is 60.0 Å². The maximum absolute atomic E-state index is 13.2. The highest BCUT2D eigenvalue weighted by Gasteiger charge is 2.23. The summed E-state index contributed by atoms with van der Waals surface area (Å²) in [6.07, 6.45) is 2.52. The minimum Gasteiger partial charge on any atom is -0.490 e. The van der Waals surface area contributed by atoms with Crippen LogP contribution in [0.25, 0.3) is 10.9 Å². The number of halogens is 1. The van der Waals surface area contributed by atoms with Gasteiger partial charge >= 0.3 is 0 Å². The lowest BCUT2D eigenvalue weighted by molar-refractivity contribution is 0.148. The van der Waals surface area contributed by atoms with Crippen molar-refractivity contribution in [3.8, 4) is 11.5 Å². The van der Waals surface area contributed by atoms with Crippen molar-refractivity contribution >= 4 is 10.9 Å². The molecule has 1 aromatic heterocycles. The molecule has 0 fully saturated rings. The Morgan fingerprint density at radius 1 is 1.19 bits per heavy atom. The number of rotatable bonds is 3. The van der Waals surface area contributed by atoms with E-state index >= 15 is 0 Å². The number of hydrogen-bond donors (Lipinski definition) is 1. The predicted octanol–water partition coefficient (Wildman–Crippen LogP) is 3.69. The van der Waals surface area contributed by atoms with Crippen LogP contribution in [0, 0.1) is 5.82 Å². The van der Waals surface area contributed by atoms with Crippen LogP contribution in [0.4, 0.5) is 4.39 Å². The van der Waals surface area contributed by atoms with E-state index in [0.29, 0.717) is 13.0 Å². The average Bonchev–Trinajstić information content (AvgIpc) is 3.09. The fraction of sp³-hybridized carbons (Fsp3) is 0.176. The predicted molar refractivity (Wildman–Crippen MR) is 78.3 cm³/mol. The van der Waals surface area contributed by atoms with Gasteiger partial charge in [0.15, 0.2) is 0 Å². The molecule has 1 atom stereocenters. The van der Waals surface area contributed by atoms with E-state index in [2.05, 4.69) is 4.98 Å². The second kappa shape index (κ2) is 4.81. The monoisotopic (exact) mass is 283 g/mol. The lowest BCUT2D eigenvalue weighted by Gasteiger charge is -2.12. The standard InChI is InChI=1S/C17H14FNO2/c18-13-1-4-17-12(7-13)9-15(21-17)10-20-14-2-3-16-11(8-14)5-6-19-16/h1-8,15,19H,9-10H2. The zero-order chi connectivity index (χ0) is 14.2. The molecule has 21 heavy (non-hydrogen) atoms. The smallest absolute Gasteiger partial charge is 0.137 e. The third kappa shape index (κ3) is 2.33. The van der Waals surface area contributed by atoms with Gasteiger partial charge in [-0.1, -0.05) is 0 Å². The van der Waals surface area contributed by atoms with Gasteiger partial charge in [0.25, 0.3) is 0 Å². The Bertz CT molecular complexity index is 796. The fourth-order valence-electron chi connectivity index (χ4n) is 2.69. The highest BCUT2D eigenvalue weighted by Crippen LogP contribution is 2.29. The summed E-state index contributed by atoms with van der Waals surface area (Å²) >= 11 is 0. The highest BCUT2D eigenvalue weighted by molar-refractivity contribution is 5.80. The first-order valence-electron chi connectivity index (χ1n) is 6.93. The van der Waals surface area contributed by atoms with E-state index in [9.17, 15) is 4.39 Å². The summed E-state index contributed by atoms with van der Waals surface area (Å²) in [6.45, 7) is 0.451. The van der Waals surface area contributed by atoms with Crippen molar-refractivity contribution in [2.45, 2.75) is 12.5 Å². The van der Waals surface area contributed by atoms with E-state index in [1.54, 1.807) is 6.07 Å². The molecule has 0 saturated heterocycles. The van der Waals surface area contributed by atoms with Crippen LogP contribution in [0.3, 0.4) is 0 Å². The van der Waals surface area contributed by atoms with Crippen LogP contribution in [0.1, 0.15) is 5.56 Å². The number of aromatic amines is 1. The fourth-order valence-corrected chi connectivity index (χ4v) is 2.69. The molecular weight excluding hydrogens is 269 g/mol. The molecule has 2 aromatic carbocycles. The maximum atomic E-state index is 13.2. The first-order chi connectivity index (χ1) is 10.3. The molecule has 106 valence electrons. The van der Waals surface area contributed by atoms with E-state index in [1.807, 2.05) is 30.5 Å². The Morgan fingerprint density at radius 2 is 2.14 bits per heavy atom. The first kappa shape index (κ1) is 12.3. The van der Waals surface area contributed by atoms with Gasteiger partial charge in [0.2, 0.25) is 0 Å². The molecule has 0 saturated carbocycles. The summed E-state index contributed by atoms with van der Waals surface area (Å²) < 4.78 is 24.7. The molecule has 0 bridgehead atoms. The highest BCUT2D eigenvalue weighted by atomic mass is 19.1. The number of nitrogens with one attached hydrogen (secondary N) is 1. The third-order valence-electron chi connectivity index (χ3n) is 3.72. The zero-order valence-electron chi connectivity index (χ0n) is 11.3. The SMILES string of the molecule is Fc1ccc2c(c1)CC(COc1ccc3[nH]ccc3c1)O2. The number of benzene rings is 2. The normalized spacial score (nSPS) is 16.7. The summed E-state index contributed by atoms with van der Waals surface area (Å²) in [5, 5.41) is 1.12. The summed E-state index contributed by atoms with van der Waals surface area (Å²) in [5.41, 5.74) is 1.99. The maximum Gasteiger partial charge on any atom is 0.137 e. The van der Waals surface area contributed by atoms with Crippen LogP contribution in [0.2, 0.25) is 0 Å². The molecule has 1 aliphatic rings. The van der Waals surface area contributed by atoms with Gasteiger partial charge in [0.1, 0.15) is 30.0 Å². The van der Waals surface area contributed by atoms with Crippen molar-refractivity contribution in [2.75, 3.05) is 6.61 Å². The van der Waals surface area contributed by atoms with Gasteiger partial charge in [-0.25, -0.2) is 4.39 Å². The lowest BCUT2D eigenvalue weighted by Crippen LogP contribution is -2.22. The van der Waals surface area contributed by atoms with Crippen molar-refractivity contribution in [1.29, 1.82) is 0 Å². The zero-order valence-corrected chi connectivity index (χ0v) is 11.3. The average molecular weight is 283 g/mol.